The molecule has 0 atom stereocenters. The van der Waals surface area contributed by atoms with Gasteiger partial charge in [-0.05, 0) is 30.3 Å². The highest BCUT2D eigenvalue weighted by Gasteiger charge is 2.24. The molecule has 4 rings (SSSR count). The molecular weight excluding hydrogens is 402 g/mol. The maximum atomic E-state index is 12.6. The van der Waals surface area contributed by atoms with Crippen molar-refractivity contribution in [2.75, 3.05) is 33.3 Å². The molecule has 1 aromatic carbocycles. The van der Waals surface area contributed by atoms with E-state index in [0.29, 0.717) is 18.8 Å². The van der Waals surface area contributed by atoms with Crippen LogP contribution < -0.4 is 10.3 Å². The van der Waals surface area contributed by atoms with E-state index in [1.807, 2.05) is 24.3 Å². The normalized spacial score (nSPS) is 14.7. The van der Waals surface area contributed by atoms with Crippen LogP contribution in [0, 0.1) is 0 Å². The van der Waals surface area contributed by atoms with Crippen LogP contribution in [0.3, 0.4) is 0 Å². The lowest BCUT2D eigenvalue weighted by Crippen LogP contribution is -2.48. The second kappa shape index (κ2) is 8.76. The average Bonchev–Trinajstić information content (AvgIpc) is 3.24. The largest absolute Gasteiger partial charge is 0.497 e. The van der Waals surface area contributed by atoms with Crippen LogP contribution in [0.25, 0.3) is 11.3 Å². The SMILES string of the molecule is COc1ccc(-c2csc(CN3CCN(C(=O)c4ccc(=O)n(C)n4)CC3)n2)cc1. The Labute approximate surface area is 178 Å². The van der Waals surface area contributed by atoms with Crippen LogP contribution in [0.1, 0.15) is 15.5 Å². The monoisotopic (exact) mass is 425 g/mol. The number of thiazole rings is 1. The number of aryl methyl sites for hydroxylation is 1. The lowest BCUT2D eigenvalue weighted by Gasteiger charge is -2.34. The van der Waals surface area contributed by atoms with Gasteiger partial charge in [0.05, 0.1) is 19.3 Å². The van der Waals surface area contributed by atoms with E-state index in [-0.39, 0.29) is 11.5 Å². The molecule has 0 saturated carbocycles. The maximum Gasteiger partial charge on any atom is 0.274 e. The molecular formula is C21H23N5O3S. The zero-order valence-corrected chi connectivity index (χ0v) is 17.8. The Balaban J connectivity index is 1.33. The van der Waals surface area contributed by atoms with E-state index in [0.717, 1.165) is 41.6 Å². The van der Waals surface area contributed by atoms with E-state index in [4.69, 9.17) is 9.72 Å². The van der Waals surface area contributed by atoms with Gasteiger partial charge in [0.15, 0.2) is 0 Å². The van der Waals surface area contributed by atoms with E-state index in [2.05, 4.69) is 15.4 Å². The van der Waals surface area contributed by atoms with Crippen molar-refractivity contribution in [2.45, 2.75) is 6.54 Å². The molecule has 1 fully saturated rings. The summed E-state index contributed by atoms with van der Waals surface area (Å²) in [5, 5.41) is 7.19. The van der Waals surface area contributed by atoms with Crippen molar-refractivity contribution < 1.29 is 9.53 Å². The van der Waals surface area contributed by atoms with Crippen LogP contribution in [-0.4, -0.2) is 63.8 Å². The Kier molecular flexibility index (Phi) is 5.91. The van der Waals surface area contributed by atoms with E-state index < -0.39 is 0 Å². The highest BCUT2D eigenvalue weighted by molar-refractivity contribution is 7.09. The number of carbonyl (C=O) groups is 1. The van der Waals surface area contributed by atoms with Crippen molar-refractivity contribution in [1.29, 1.82) is 0 Å². The minimum absolute atomic E-state index is 0.138. The number of nitrogens with zero attached hydrogens (tertiary/aromatic N) is 5. The van der Waals surface area contributed by atoms with Gasteiger partial charge in [-0.15, -0.1) is 11.3 Å². The van der Waals surface area contributed by atoms with Crippen LogP contribution in [0.4, 0.5) is 0 Å². The lowest BCUT2D eigenvalue weighted by atomic mass is 10.2. The average molecular weight is 426 g/mol. The second-order valence-electron chi connectivity index (χ2n) is 7.10. The lowest BCUT2D eigenvalue weighted by molar-refractivity contribution is 0.0620. The van der Waals surface area contributed by atoms with E-state index in [1.54, 1.807) is 30.4 Å². The molecule has 0 unspecified atom stereocenters. The zero-order chi connectivity index (χ0) is 21.1. The van der Waals surface area contributed by atoms with E-state index in [9.17, 15) is 9.59 Å². The summed E-state index contributed by atoms with van der Waals surface area (Å²) in [5.41, 5.74) is 2.11. The van der Waals surface area contributed by atoms with Gasteiger partial charge in [-0.25, -0.2) is 9.67 Å². The quantitative estimate of drug-likeness (QED) is 0.621. The molecule has 0 aliphatic carbocycles. The molecule has 0 bridgehead atoms. The first-order valence-corrected chi connectivity index (χ1v) is 10.6. The number of rotatable bonds is 5. The van der Waals surface area contributed by atoms with Gasteiger partial charge < -0.3 is 9.64 Å². The molecule has 2 aromatic heterocycles. The Hall–Kier alpha value is -3.04. The van der Waals surface area contributed by atoms with Gasteiger partial charge in [0.1, 0.15) is 16.5 Å². The summed E-state index contributed by atoms with van der Waals surface area (Å²) in [7, 11) is 3.20. The van der Waals surface area contributed by atoms with E-state index in [1.165, 1.54) is 16.8 Å². The van der Waals surface area contributed by atoms with Crippen LogP contribution >= 0.6 is 11.3 Å². The summed E-state index contributed by atoms with van der Waals surface area (Å²) >= 11 is 1.65. The first-order chi connectivity index (χ1) is 14.5. The third kappa shape index (κ3) is 4.42. The van der Waals surface area contributed by atoms with E-state index >= 15 is 0 Å². The molecule has 1 amide bonds. The number of hydrogen-bond donors (Lipinski definition) is 0. The number of ether oxygens (including phenoxy) is 1. The standard InChI is InChI=1S/C21H23N5O3S/c1-24-20(27)8-7-17(23-24)21(28)26-11-9-25(10-12-26)13-19-22-18(14-30-19)15-3-5-16(29-2)6-4-15/h3-8,14H,9-13H2,1-2H3. The Morgan fingerprint density at radius 1 is 1.10 bits per heavy atom. The van der Waals surface area contributed by atoms with Gasteiger partial charge in [0.25, 0.3) is 11.5 Å². The topological polar surface area (TPSA) is 80.6 Å². The zero-order valence-electron chi connectivity index (χ0n) is 16.9. The molecule has 1 saturated heterocycles. The summed E-state index contributed by atoms with van der Waals surface area (Å²) in [5.74, 6) is 0.691. The summed E-state index contributed by atoms with van der Waals surface area (Å²) in [4.78, 5) is 33.0. The first kappa shape index (κ1) is 20.2. The maximum absolute atomic E-state index is 12.6. The number of amides is 1. The smallest absolute Gasteiger partial charge is 0.274 e. The highest BCUT2D eigenvalue weighted by atomic mass is 32.1. The van der Waals surface area contributed by atoms with Crippen LogP contribution in [0.2, 0.25) is 0 Å². The van der Waals surface area contributed by atoms with Gasteiger partial charge in [0, 0.05) is 50.2 Å². The molecule has 156 valence electrons. The van der Waals surface area contributed by atoms with Crippen molar-refractivity contribution in [3.8, 4) is 17.0 Å². The summed E-state index contributed by atoms with van der Waals surface area (Å²) in [6.45, 7) is 3.56. The van der Waals surface area contributed by atoms with Crippen molar-refractivity contribution in [3.05, 3.63) is 62.8 Å². The minimum Gasteiger partial charge on any atom is -0.497 e. The number of aromatic nitrogens is 3. The summed E-state index contributed by atoms with van der Waals surface area (Å²) in [6, 6.07) is 10.8. The number of hydrogen-bond acceptors (Lipinski definition) is 7. The third-order valence-electron chi connectivity index (χ3n) is 5.14. The van der Waals surface area contributed by atoms with Crippen LogP contribution in [-0.2, 0) is 13.6 Å². The highest BCUT2D eigenvalue weighted by Crippen LogP contribution is 2.25. The molecule has 1 aliphatic heterocycles. The predicted molar refractivity (Wildman–Crippen MR) is 115 cm³/mol. The second-order valence-corrected chi connectivity index (χ2v) is 8.05. The molecule has 30 heavy (non-hydrogen) atoms. The number of carbonyl (C=O) groups excluding carboxylic acids is 1. The Morgan fingerprint density at radius 2 is 1.83 bits per heavy atom. The van der Waals surface area contributed by atoms with Gasteiger partial charge in [0.2, 0.25) is 0 Å². The van der Waals surface area contributed by atoms with Gasteiger partial charge in [-0.1, -0.05) is 0 Å². The Bertz CT molecular complexity index is 1080. The van der Waals surface area contributed by atoms with Gasteiger partial charge in [-0.3, -0.25) is 14.5 Å². The van der Waals surface area contributed by atoms with Crippen LogP contribution in [0.5, 0.6) is 5.75 Å². The molecule has 9 heteroatoms. The fourth-order valence-corrected chi connectivity index (χ4v) is 4.20. The van der Waals surface area contributed by atoms with Crippen molar-refractivity contribution in [2.24, 2.45) is 7.05 Å². The fraction of sp³-hybridized carbons (Fsp3) is 0.333. The van der Waals surface area contributed by atoms with Crippen molar-refractivity contribution in [1.82, 2.24) is 24.6 Å². The van der Waals surface area contributed by atoms with Gasteiger partial charge >= 0.3 is 0 Å². The number of benzene rings is 1. The minimum atomic E-state index is -0.228. The number of piperazine rings is 1. The van der Waals surface area contributed by atoms with Crippen molar-refractivity contribution >= 4 is 17.2 Å². The fourth-order valence-electron chi connectivity index (χ4n) is 3.36. The molecule has 1 aliphatic rings. The number of methoxy groups -OCH3 is 1. The third-order valence-corrected chi connectivity index (χ3v) is 5.97. The Morgan fingerprint density at radius 3 is 2.50 bits per heavy atom. The summed E-state index contributed by atoms with van der Waals surface area (Å²) in [6.07, 6.45) is 0. The first-order valence-electron chi connectivity index (χ1n) is 9.68. The predicted octanol–water partition coefficient (Wildman–Crippen LogP) is 1.87. The van der Waals surface area contributed by atoms with Gasteiger partial charge in [-0.2, -0.15) is 5.10 Å². The molecule has 0 N–H and O–H groups in total. The molecule has 8 nitrogen and oxygen atoms in total. The summed E-state index contributed by atoms with van der Waals surface area (Å²) < 4.78 is 6.39. The van der Waals surface area contributed by atoms with Crippen molar-refractivity contribution in [3.63, 3.8) is 0 Å². The molecule has 0 spiro atoms. The molecule has 0 radical (unpaired) electrons. The van der Waals surface area contributed by atoms with Crippen LogP contribution in [0.15, 0.2) is 46.6 Å². The molecule has 3 heterocycles. The molecule has 3 aromatic rings.